The number of fused-ring (bicyclic) bond motifs is 4. The molecule has 1 fully saturated rings. The number of morpholine rings is 1. The number of carbonyl (C=O) groups excluding carboxylic acids is 2. The number of rotatable bonds is 0. The summed E-state index contributed by atoms with van der Waals surface area (Å²) in [7, 11) is 0. The number of hydrogen-bond donors (Lipinski definition) is 2. The van der Waals surface area contributed by atoms with E-state index in [4.69, 9.17) is 9.47 Å². The molecule has 3 aliphatic rings. The number of pyridine rings is 1. The smallest absolute Gasteiger partial charge is 0.278 e. The maximum absolute atomic E-state index is 13.9. The standard InChI is InChI=1S/C27H31FN4O6/c28-19-9-8-18-15-29-26(35)20-16-32-23(25(34)24(20)33)27(36)30-11-13-37-17-22(30)31(32)10-6-4-2-1-3-5-7-12-38-21(18)14-19/h3,5,8-9,14,16,22,34H,1-2,4,6-7,10-13,15,17H2,(H,29,35)/b5-3+. The van der Waals surface area contributed by atoms with Crippen molar-refractivity contribution in [2.24, 2.45) is 0 Å². The van der Waals surface area contributed by atoms with Crippen molar-refractivity contribution in [1.29, 1.82) is 0 Å². The average Bonchev–Trinajstić information content (AvgIpc) is 2.91. The fraction of sp³-hybridized carbons (Fsp3) is 0.444. The summed E-state index contributed by atoms with van der Waals surface area (Å²) in [4.78, 5) is 41.1. The summed E-state index contributed by atoms with van der Waals surface area (Å²) >= 11 is 0. The highest BCUT2D eigenvalue weighted by Crippen LogP contribution is 2.27. The van der Waals surface area contributed by atoms with Gasteiger partial charge in [-0.1, -0.05) is 24.6 Å². The highest BCUT2D eigenvalue weighted by Gasteiger charge is 2.42. The molecule has 38 heavy (non-hydrogen) atoms. The third-order valence-electron chi connectivity index (χ3n) is 7.03. The second-order valence-electron chi connectivity index (χ2n) is 9.52. The molecule has 2 aromatic rings. The summed E-state index contributed by atoms with van der Waals surface area (Å²) in [5.74, 6) is -2.14. The second kappa shape index (κ2) is 11.3. The molecule has 0 saturated carbocycles. The lowest BCUT2D eigenvalue weighted by molar-refractivity contribution is -0.0173. The number of halogens is 1. The molecule has 1 aromatic carbocycles. The number of amides is 2. The Hall–Kier alpha value is -3.86. The highest BCUT2D eigenvalue weighted by molar-refractivity contribution is 5.99. The summed E-state index contributed by atoms with van der Waals surface area (Å²) in [5, 5.41) is 15.4. The molecule has 1 saturated heterocycles. The maximum atomic E-state index is 13.9. The Kier molecular flexibility index (Phi) is 7.64. The predicted molar refractivity (Wildman–Crippen MR) is 136 cm³/mol. The van der Waals surface area contributed by atoms with Crippen LogP contribution in [0, 0.1) is 5.82 Å². The van der Waals surface area contributed by atoms with Crippen LogP contribution >= 0.6 is 0 Å². The first kappa shape index (κ1) is 25.8. The highest BCUT2D eigenvalue weighted by atomic mass is 19.1. The Balaban J connectivity index is 1.52. The molecule has 0 radical (unpaired) electrons. The van der Waals surface area contributed by atoms with E-state index in [0.717, 1.165) is 25.7 Å². The Morgan fingerprint density at radius 3 is 2.74 bits per heavy atom. The minimum absolute atomic E-state index is 0.0286. The van der Waals surface area contributed by atoms with Crippen LogP contribution in [0.5, 0.6) is 11.5 Å². The van der Waals surface area contributed by atoms with Crippen molar-refractivity contribution in [2.45, 2.75) is 44.8 Å². The molecular formula is C27H31FN4O6. The number of carbonyl (C=O) groups is 2. The van der Waals surface area contributed by atoms with Gasteiger partial charge in [-0.3, -0.25) is 24.1 Å². The lowest BCUT2D eigenvalue weighted by atomic mass is 10.1. The summed E-state index contributed by atoms with van der Waals surface area (Å²) in [6.07, 6.45) is 9.26. The number of hydrogen-bond acceptors (Lipinski definition) is 7. The van der Waals surface area contributed by atoms with Crippen LogP contribution in [0.2, 0.25) is 0 Å². The van der Waals surface area contributed by atoms with Crippen LogP contribution in [0.3, 0.4) is 0 Å². The minimum Gasteiger partial charge on any atom is -0.502 e. The van der Waals surface area contributed by atoms with Gasteiger partial charge in [0.15, 0.2) is 11.4 Å². The van der Waals surface area contributed by atoms with Crippen LogP contribution in [-0.2, 0) is 11.3 Å². The zero-order chi connectivity index (χ0) is 26.6. The maximum Gasteiger partial charge on any atom is 0.278 e. The number of aromatic nitrogens is 1. The Bertz CT molecular complexity index is 1310. The Morgan fingerprint density at radius 1 is 1.03 bits per heavy atom. The molecular weight excluding hydrogens is 495 g/mol. The van der Waals surface area contributed by atoms with E-state index >= 15 is 0 Å². The van der Waals surface area contributed by atoms with E-state index in [0.29, 0.717) is 44.0 Å². The van der Waals surface area contributed by atoms with Crippen LogP contribution in [-0.4, -0.2) is 65.6 Å². The fourth-order valence-electron chi connectivity index (χ4n) is 5.03. The largest absolute Gasteiger partial charge is 0.502 e. The molecule has 0 spiro atoms. The van der Waals surface area contributed by atoms with E-state index in [2.05, 4.69) is 11.4 Å². The minimum atomic E-state index is -0.929. The van der Waals surface area contributed by atoms with Gasteiger partial charge < -0.3 is 24.8 Å². The van der Waals surface area contributed by atoms with Gasteiger partial charge in [0.05, 0.1) is 19.8 Å². The first-order valence-corrected chi connectivity index (χ1v) is 12.9. The van der Waals surface area contributed by atoms with Gasteiger partial charge in [0.25, 0.3) is 11.8 Å². The number of benzene rings is 1. The lowest BCUT2D eigenvalue weighted by Crippen LogP contribution is -2.65. The van der Waals surface area contributed by atoms with E-state index < -0.39 is 35.0 Å². The van der Waals surface area contributed by atoms with Crippen LogP contribution < -0.4 is 20.5 Å². The number of ether oxygens (including phenoxy) is 2. The summed E-state index contributed by atoms with van der Waals surface area (Å²) in [6, 6.07) is 4.04. The molecule has 2 bridgehead atoms. The van der Waals surface area contributed by atoms with Gasteiger partial charge in [0.2, 0.25) is 5.43 Å². The number of allylic oxidation sites excluding steroid dienone is 1. The van der Waals surface area contributed by atoms with Gasteiger partial charge in [-0.15, -0.1) is 0 Å². The van der Waals surface area contributed by atoms with Gasteiger partial charge in [0.1, 0.15) is 23.3 Å². The van der Waals surface area contributed by atoms with Crippen molar-refractivity contribution < 1.29 is 28.6 Å². The Morgan fingerprint density at radius 2 is 1.87 bits per heavy atom. The van der Waals surface area contributed by atoms with Crippen LogP contribution in [0.25, 0.3) is 0 Å². The molecule has 1 unspecified atom stereocenters. The molecule has 4 heterocycles. The first-order chi connectivity index (χ1) is 18.5. The number of nitrogens with one attached hydrogen (secondary N) is 1. The van der Waals surface area contributed by atoms with E-state index in [-0.39, 0.29) is 24.4 Å². The van der Waals surface area contributed by atoms with Crippen LogP contribution in [0.4, 0.5) is 4.39 Å². The number of aromatic hydroxyl groups is 1. The molecule has 2 N–H and O–H groups in total. The molecule has 10 nitrogen and oxygen atoms in total. The zero-order valence-electron chi connectivity index (χ0n) is 21.0. The van der Waals surface area contributed by atoms with Crippen LogP contribution in [0.15, 0.2) is 41.3 Å². The molecule has 1 atom stereocenters. The summed E-state index contributed by atoms with van der Waals surface area (Å²) in [5.41, 5.74) is -0.856. The second-order valence-corrected chi connectivity index (χ2v) is 9.52. The fourth-order valence-corrected chi connectivity index (χ4v) is 5.03. The van der Waals surface area contributed by atoms with E-state index in [9.17, 15) is 23.9 Å². The number of nitrogens with zero attached hydrogens (tertiary/aromatic N) is 3. The van der Waals surface area contributed by atoms with Gasteiger partial charge in [-0.2, -0.15) is 0 Å². The van der Waals surface area contributed by atoms with Crippen molar-refractivity contribution in [3.63, 3.8) is 0 Å². The van der Waals surface area contributed by atoms with Crippen molar-refractivity contribution in [3.05, 3.63) is 69.4 Å². The third-order valence-corrected chi connectivity index (χ3v) is 7.03. The van der Waals surface area contributed by atoms with Crippen LogP contribution in [0.1, 0.15) is 58.5 Å². The van der Waals surface area contributed by atoms with Crippen molar-refractivity contribution >= 4 is 11.8 Å². The summed E-state index contributed by atoms with van der Waals surface area (Å²) < 4.78 is 26.7. The molecule has 3 aliphatic heterocycles. The summed E-state index contributed by atoms with van der Waals surface area (Å²) in [6.45, 7) is 1.83. The topological polar surface area (TPSA) is 113 Å². The van der Waals surface area contributed by atoms with Gasteiger partial charge in [0, 0.05) is 37.5 Å². The SMILES string of the molecule is O=C1NCc2ccc(F)cc2OCC/C=C/CCCCCN2C3COCCN3C(=O)c3c(O)c(=O)c1cn32. The lowest BCUT2D eigenvalue weighted by Gasteiger charge is -2.48. The first-order valence-electron chi connectivity index (χ1n) is 12.9. The van der Waals surface area contributed by atoms with E-state index in [1.165, 1.54) is 29.1 Å². The van der Waals surface area contributed by atoms with Crippen molar-refractivity contribution in [1.82, 2.24) is 14.9 Å². The molecule has 5 rings (SSSR count). The molecule has 2 amide bonds. The van der Waals surface area contributed by atoms with E-state index in [1.54, 1.807) is 4.90 Å². The molecule has 1 aromatic heterocycles. The van der Waals surface area contributed by atoms with Gasteiger partial charge in [-0.05, 0) is 31.7 Å². The molecule has 11 heteroatoms. The Labute approximate surface area is 219 Å². The van der Waals surface area contributed by atoms with Crippen molar-refractivity contribution in [2.75, 3.05) is 37.9 Å². The molecule has 202 valence electrons. The normalized spacial score (nSPS) is 21.7. The third kappa shape index (κ3) is 5.10. The van der Waals surface area contributed by atoms with Gasteiger partial charge in [-0.25, -0.2) is 4.39 Å². The zero-order valence-corrected chi connectivity index (χ0v) is 21.0. The molecule has 0 aliphatic carbocycles. The van der Waals surface area contributed by atoms with E-state index in [1.807, 2.05) is 11.1 Å². The monoisotopic (exact) mass is 526 g/mol. The quantitative estimate of drug-likeness (QED) is 0.507. The van der Waals surface area contributed by atoms with Crippen molar-refractivity contribution in [3.8, 4) is 11.5 Å². The van der Waals surface area contributed by atoms with Gasteiger partial charge >= 0.3 is 0 Å². The predicted octanol–water partition coefficient (Wildman–Crippen LogP) is 2.27. The average molecular weight is 527 g/mol.